The molecule has 0 aromatic heterocycles. The van der Waals surface area contributed by atoms with Crippen LogP contribution in [0.5, 0.6) is 0 Å². The molecule has 1 aromatic carbocycles. The highest BCUT2D eigenvalue weighted by Gasteiger charge is 2.16. The van der Waals surface area contributed by atoms with Crippen LogP contribution in [0.2, 0.25) is 5.02 Å². The number of nitroso groups, excluding NO2 is 1. The lowest BCUT2D eigenvalue weighted by Crippen LogP contribution is -2.26. The molecule has 0 bridgehead atoms. The lowest BCUT2D eigenvalue weighted by Gasteiger charge is -2.07. The molecule has 14 heavy (non-hydrogen) atoms. The van der Waals surface area contributed by atoms with Gasteiger partial charge in [0.15, 0.2) is 0 Å². The average Bonchev–Trinajstić information content (AvgIpc) is 2.16. The Morgan fingerprint density at radius 1 is 1.43 bits per heavy atom. The molecular formula is C8H7ClN2O3. The number of anilines is 1. The molecule has 6 heteroatoms. The molecule has 0 radical (unpaired) electrons. The van der Waals surface area contributed by atoms with Gasteiger partial charge < -0.3 is 10.4 Å². The second-order valence-electron chi connectivity index (χ2n) is 2.50. The molecular weight excluding hydrogens is 208 g/mol. The van der Waals surface area contributed by atoms with Crippen LogP contribution in [0.25, 0.3) is 0 Å². The summed E-state index contributed by atoms with van der Waals surface area (Å²) in [4.78, 5) is 20.5. The number of aliphatic carboxylic acids is 1. The Balaban J connectivity index is 2.72. The minimum absolute atomic E-state index is 0.474. The van der Waals surface area contributed by atoms with E-state index < -0.39 is 12.1 Å². The number of halogens is 1. The van der Waals surface area contributed by atoms with Crippen LogP contribution >= 0.6 is 11.6 Å². The first-order chi connectivity index (χ1) is 6.63. The standard InChI is InChI=1S/C8H7ClN2O3/c9-5-1-3-6(4-2-5)10-7(11-14)8(12)13/h1-4,7,10H,(H,12,13). The molecule has 0 aliphatic carbocycles. The smallest absolute Gasteiger partial charge is 0.352 e. The zero-order valence-corrected chi connectivity index (χ0v) is 7.73. The van der Waals surface area contributed by atoms with E-state index in [1.165, 1.54) is 0 Å². The van der Waals surface area contributed by atoms with E-state index in [2.05, 4.69) is 10.5 Å². The van der Waals surface area contributed by atoms with Gasteiger partial charge in [-0.1, -0.05) is 11.6 Å². The summed E-state index contributed by atoms with van der Waals surface area (Å²) in [5.74, 6) is -1.32. The van der Waals surface area contributed by atoms with Gasteiger partial charge in [-0.25, -0.2) is 4.79 Å². The van der Waals surface area contributed by atoms with Crippen LogP contribution in [-0.2, 0) is 4.79 Å². The second-order valence-corrected chi connectivity index (χ2v) is 2.93. The van der Waals surface area contributed by atoms with Gasteiger partial charge in [0.1, 0.15) is 0 Å². The predicted octanol–water partition coefficient (Wildman–Crippen LogP) is 1.93. The summed E-state index contributed by atoms with van der Waals surface area (Å²) in [5.41, 5.74) is 0.474. The first-order valence-corrected chi connectivity index (χ1v) is 4.08. The molecule has 2 N–H and O–H groups in total. The van der Waals surface area contributed by atoms with Crippen molar-refractivity contribution in [2.45, 2.75) is 6.17 Å². The van der Waals surface area contributed by atoms with Gasteiger partial charge in [0.05, 0.1) is 0 Å². The topological polar surface area (TPSA) is 78.8 Å². The second kappa shape index (κ2) is 4.57. The van der Waals surface area contributed by atoms with Crippen LogP contribution in [0, 0.1) is 4.91 Å². The summed E-state index contributed by atoms with van der Waals surface area (Å²) in [6.07, 6.45) is -1.48. The molecule has 74 valence electrons. The molecule has 1 rings (SSSR count). The van der Waals surface area contributed by atoms with Crippen molar-refractivity contribution < 1.29 is 9.90 Å². The maximum absolute atomic E-state index is 10.4. The van der Waals surface area contributed by atoms with Gasteiger partial charge in [0.25, 0.3) is 6.17 Å². The van der Waals surface area contributed by atoms with E-state index in [0.717, 1.165) is 0 Å². The van der Waals surface area contributed by atoms with Crippen molar-refractivity contribution in [2.75, 3.05) is 5.32 Å². The zero-order chi connectivity index (χ0) is 10.6. The monoisotopic (exact) mass is 214 g/mol. The van der Waals surface area contributed by atoms with Crippen molar-refractivity contribution in [3.05, 3.63) is 34.2 Å². The maximum atomic E-state index is 10.4. The van der Waals surface area contributed by atoms with E-state index in [9.17, 15) is 9.70 Å². The Kier molecular flexibility index (Phi) is 3.41. The Morgan fingerprint density at radius 2 is 2.00 bits per heavy atom. The highest BCUT2D eigenvalue weighted by atomic mass is 35.5. The minimum atomic E-state index is -1.48. The van der Waals surface area contributed by atoms with Crippen molar-refractivity contribution in [1.82, 2.24) is 0 Å². The largest absolute Gasteiger partial charge is 0.478 e. The molecule has 0 aliphatic heterocycles. The fourth-order valence-electron chi connectivity index (χ4n) is 0.837. The summed E-state index contributed by atoms with van der Waals surface area (Å²) in [5, 5.41) is 13.9. The van der Waals surface area contributed by atoms with Gasteiger partial charge in [0.2, 0.25) is 0 Å². The van der Waals surface area contributed by atoms with E-state index in [0.29, 0.717) is 10.7 Å². The minimum Gasteiger partial charge on any atom is -0.478 e. The lowest BCUT2D eigenvalue weighted by atomic mass is 10.3. The maximum Gasteiger partial charge on any atom is 0.352 e. The molecule has 0 aliphatic rings. The Hall–Kier alpha value is -1.62. The third kappa shape index (κ3) is 2.70. The highest BCUT2D eigenvalue weighted by Crippen LogP contribution is 2.14. The van der Waals surface area contributed by atoms with E-state index in [4.69, 9.17) is 16.7 Å². The van der Waals surface area contributed by atoms with Crippen molar-refractivity contribution in [1.29, 1.82) is 0 Å². The third-order valence-electron chi connectivity index (χ3n) is 1.49. The normalized spacial score (nSPS) is 11.8. The van der Waals surface area contributed by atoms with E-state index in [-0.39, 0.29) is 0 Å². The molecule has 1 unspecified atom stereocenters. The number of hydrogen-bond donors (Lipinski definition) is 2. The molecule has 1 atom stereocenters. The summed E-state index contributed by atoms with van der Waals surface area (Å²) in [6.45, 7) is 0. The first kappa shape index (κ1) is 10.5. The third-order valence-corrected chi connectivity index (χ3v) is 1.74. The van der Waals surface area contributed by atoms with Crippen LogP contribution in [0.15, 0.2) is 29.4 Å². The molecule has 0 fully saturated rings. The number of carbonyl (C=O) groups is 1. The SMILES string of the molecule is O=NC(Nc1ccc(Cl)cc1)C(=O)O. The number of nitrogens with zero attached hydrogens (tertiary/aromatic N) is 1. The molecule has 0 spiro atoms. The van der Waals surface area contributed by atoms with E-state index in [1.54, 1.807) is 24.3 Å². The zero-order valence-electron chi connectivity index (χ0n) is 6.98. The van der Waals surface area contributed by atoms with Crippen molar-refractivity contribution in [2.24, 2.45) is 5.18 Å². The molecule has 0 heterocycles. The van der Waals surface area contributed by atoms with Crippen LogP contribution in [-0.4, -0.2) is 17.2 Å². The van der Waals surface area contributed by atoms with Crippen molar-refractivity contribution in [3.63, 3.8) is 0 Å². The lowest BCUT2D eigenvalue weighted by molar-refractivity contribution is -0.137. The van der Waals surface area contributed by atoms with Crippen LogP contribution < -0.4 is 5.32 Å². The molecule has 1 aromatic rings. The number of benzene rings is 1. The van der Waals surface area contributed by atoms with Gasteiger partial charge in [0, 0.05) is 10.7 Å². The van der Waals surface area contributed by atoms with Crippen LogP contribution in [0.1, 0.15) is 0 Å². The summed E-state index contributed by atoms with van der Waals surface area (Å²) >= 11 is 5.62. The van der Waals surface area contributed by atoms with Gasteiger partial charge >= 0.3 is 5.97 Å². The molecule has 0 amide bonds. The Morgan fingerprint density at radius 3 is 2.43 bits per heavy atom. The van der Waals surface area contributed by atoms with Crippen LogP contribution in [0.3, 0.4) is 0 Å². The number of rotatable bonds is 4. The van der Waals surface area contributed by atoms with Crippen molar-refractivity contribution in [3.8, 4) is 0 Å². The first-order valence-electron chi connectivity index (χ1n) is 3.71. The van der Waals surface area contributed by atoms with Gasteiger partial charge in [-0.15, -0.1) is 4.91 Å². The number of hydrogen-bond acceptors (Lipinski definition) is 4. The van der Waals surface area contributed by atoms with Gasteiger partial charge in [-0.3, -0.25) is 0 Å². The number of carboxylic acids is 1. The van der Waals surface area contributed by atoms with Crippen LogP contribution in [0.4, 0.5) is 5.69 Å². The number of nitrogens with one attached hydrogen (secondary N) is 1. The van der Waals surface area contributed by atoms with Gasteiger partial charge in [-0.05, 0) is 29.4 Å². The highest BCUT2D eigenvalue weighted by molar-refractivity contribution is 6.30. The molecule has 0 saturated heterocycles. The number of carboxylic acid groups (broad SMARTS) is 1. The Bertz CT molecular complexity index is 339. The van der Waals surface area contributed by atoms with E-state index in [1.807, 2.05) is 0 Å². The fraction of sp³-hybridized carbons (Fsp3) is 0.125. The summed E-state index contributed by atoms with van der Waals surface area (Å²) < 4.78 is 0. The fourth-order valence-corrected chi connectivity index (χ4v) is 0.963. The Labute approximate surface area is 84.7 Å². The quantitative estimate of drug-likeness (QED) is 0.751. The summed E-state index contributed by atoms with van der Waals surface area (Å²) in [7, 11) is 0. The van der Waals surface area contributed by atoms with Crippen molar-refractivity contribution >= 4 is 23.3 Å². The molecule has 5 nitrogen and oxygen atoms in total. The molecule has 0 saturated carbocycles. The van der Waals surface area contributed by atoms with E-state index >= 15 is 0 Å². The van der Waals surface area contributed by atoms with Gasteiger partial charge in [-0.2, -0.15) is 0 Å². The summed E-state index contributed by atoms with van der Waals surface area (Å²) in [6, 6.07) is 6.27. The average molecular weight is 215 g/mol. The predicted molar refractivity (Wildman–Crippen MR) is 52.3 cm³/mol.